The molecule has 0 heterocycles. The molecule has 1 heteroatoms. The fourth-order valence-electron chi connectivity index (χ4n) is 2.55. The summed E-state index contributed by atoms with van der Waals surface area (Å²) in [6, 6.07) is 0. The summed E-state index contributed by atoms with van der Waals surface area (Å²) >= 11 is 0. The van der Waals surface area contributed by atoms with Crippen molar-refractivity contribution in [1.82, 2.24) is 4.90 Å². The summed E-state index contributed by atoms with van der Waals surface area (Å²) in [5, 5.41) is 0. The van der Waals surface area contributed by atoms with Crippen molar-refractivity contribution in [3.63, 3.8) is 0 Å². The highest BCUT2D eigenvalue weighted by Crippen LogP contribution is 2.35. The first-order valence-corrected chi connectivity index (χ1v) is 5.46. The summed E-state index contributed by atoms with van der Waals surface area (Å²) in [6.45, 7) is 5.82. The largest absolute Gasteiger partial charge is 0.301 e. The van der Waals surface area contributed by atoms with Gasteiger partial charge in [0.15, 0.2) is 0 Å². The van der Waals surface area contributed by atoms with Crippen molar-refractivity contribution in [2.45, 2.75) is 57.9 Å². The zero-order chi connectivity index (χ0) is 9.03. The lowest BCUT2D eigenvalue weighted by Gasteiger charge is -2.44. The standard InChI is InChI=1S/C11H23N/c1-4-11(12(3)5-2)9-7-6-8-10-11/h4-10H2,1-3H3. The van der Waals surface area contributed by atoms with Gasteiger partial charge in [0, 0.05) is 5.54 Å². The molecule has 1 fully saturated rings. The SMILES string of the molecule is CCN(C)C1(CC)CCCCC1. The van der Waals surface area contributed by atoms with Crippen LogP contribution in [0.25, 0.3) is 0 Å². The van der Waals surface area contributed by atoms with Crippen LogP contribution in [0.15, 0.2) is 0 Å². The molecule has 1 rings (SSSR count). The van der Waals surface area contributed by atoms with Gasteiger partial charge in [0.05, 0.1) is 0 Å². The Kier molecular flexibility index (Phi) is 3.57. The molecule has 12 heavy (non-hydrogen) atoms. The third kappa shape index (κ3) is 1.82. The van der Waals surface area contributed by atoms with Crippen molar-refractivity contribution >= 4 is 0 Å². The first-order chi connectivity index (χ1) is 5.75. The van der Waals surface area contributed by atoms with E-state index in [4.69, 9.17) is 0 Å². The molecule has 0 aromatic heterocycles. The van der Waals surface area contributed by atoms with E-state index in [9.17, 15) is 0 Å². The van der Waals surface area contributed by atoms with Gasteiger partial charge in [-0.1, -0.05) is 33.1 Å². The van der Waals surface area contributed by atoms with Gasteiger partial charge in [0.1, 0.15) is 0 Å². The fourth-order valence-corrected chi connectivity index (χ4v) is 2.55. The summed E-state index contributed by atoms with van der Waals surface area (Å²) < 4.78 is 0. The molecule has 1 aliphatic carbocycles. The highest BCUT2D eigenvalue weighted by Gasteiger charge is 2.32. The minimum Gasteiger partial charge on any atom is -0.301 e. The van der Waals surface area contributed by atoms with E-state index < -0.39 is 0 Å². The quantitative estimate of drug-likeness (QED) is 0.627. The van der Waals surface area contributed by atoms with Crippen LogP contribution in [0.3, 0.4) is 0 Å². The molecular formula is C11H23N. The molecular weight excluding hydrogens is 146 g/mol. The second-order valence-corrected chi connectivity index (χ2v) is 4.15. The van der Waals surface area contributed by atoms with Crippen molar-refractivity contribution < 1.29 is 0 Å². The Morgan fingerprint density at radius 3 is 2.08 bits per heavy atom. The molecule has 0 N–H and O–H groups in total. The summed E-state index contributed by atoms with van der Waals surface area (Å²) in [4.78, 5) is 2.56. The van der Waals surface area contributed by atoms with Crippen LogP contribution in [0, 0.1) is 0 Å². The van der Waals surface area contributed by atoms with Crippen LogP contribution in [0.1, 0.15) is 52.4 Å². The minimum atomic E-state index is 0.562. The Morgan fingerprint density at radius 2 is 1.67 bits per heavy atom. The highest BCUT2D eigenvalue weighted by atomic mass is 15.2. The Morgan fingerprint density at radius 1 is 1.08 bits per heavy atom. The molecule has 0 radical (unpaired) electrons. The van der Waals surface area contributed by atoms with Gasteiger partial charge in [-0.3, -0.25) is 0 Å². The molecule has 0 amide bonds. The first kappa shape index (κ1) is 10.0. The van der Waals surface area contributed by atoms with Gasteiger partial charge in [0.25, 0.3) is 0 Å². The zero-order valence-corrected chi connectivity index (χ0v) is 8.90. The van der Waals surface area contributed by atoms with Crippen molar-refractivity contribution in [2.75, 3.05) is 13.6 Å². The van der Waals surface area contributed by atoms with Crippen LogP contribution in [0.5, 0.6) is 0 Å². The van der Waals surface area contributed by atoms with Crippen LogP contribution in [0.2, 0.25) is 0 Å². The molecule has 0 bridgehead atoms. The molecule has 1 nitrogen and oxygen atoms in total. The van der Waals surface area contributed by atoms with E-state index >= 15 is 0 Å². The molecule has 0 saturated heterocycles. The maximum atomic E-state index is 2.56. The zero-order valence-electron chi connectivity index (χ0n) is 8.90. The van der Waals surface area contributed by atoms with Gasteiger partial charge in [0.2, 0.25) is 0 Å². The summed E-state index contributed by atoms with van der Waals surface area (Å²) in [6.07, 6.45) is 8.52. The van der Waals surface area contributed by atoms with E-state index in [1.54, 1.807) is 0 Å². The number of nitrogens with zero attached hydrogens (tertiary/aromatic N) is 1. The second kappa shape index (κ2) is 4.27. The Bertz CT molecular complexity index is 125. The molecule has 0 spiro atoms. The summed E-state index contributed by atoms with van der Waals surface area (Å²) in [7, 11) is 2.29. The summed E-state index contributed by atoms with van der Waals surface area (Å²) in [5.74, 6) is 0. The lowest BCUT2D eigenvalue weighted by atomic mass is 9.78. The van der Waals surface area contributed by atoms with Crippen LogP contribution >= 0.6 is 0 Å². The Balaban J connectivity index is 2.59. The average molecular weight is 169 g/mol. The van der Waals surface area contributed by atoms with E-state index in [1.165, 1.54) is 45.1 Å². The average Bonchev–Trinajstić information content (AvgIpc) is 2.17. The van der Waals surface area contributed by atoms with Crippen LogP contribution in [-0.2, 0) is 0 Å². The predicted octanol–water partition coefficient (Wildman–Crippen LogP) is 3.05. The Labute approximate surface area is 77.1 Å². The number of hydrogen-bond donors (Lipinski definition) is 0. The van der Waals surface area contributed by atoms with E-state index in [0.717, 1.165) is 0 Å². The molecule has 1 aliphatic rings. The van der Waals surface area contributed by atoms with Gasteiger partial charge in [-0.2, -0.15) is 0 Å². The number of hydrogen-bond acceptors (Lipinski definition) is 1. The van der Waals surface area contributed by atoms with Crippen LogP contribution < -0.4 is 0 Å². The molecule has 0 atom stereocenters. The van der Waals surface area contributed by atoms with Crippen molar-refractivity contribution in [1.29, 1.82) is 0 Å². The molecule has 1 saturated carbocycles. The third-order valence-electron chi connectivity index (χ3n) is 3.73. The van der Waals surface area contributed by atoms with E-state index in [0.29, 0.717) is 5.54 Å². The second-order valence-electron chi connectivity index (χ2n) is 4.15. The van der Waals surface area contributed by atoms with E-state index in [1.807, 2.05) is 0 Å². The summed E-state index contributed by atoms with van der Waals surface area (Å²) in [5.41, 5.74) is 0.562. The maximum Gasteiger partial charge on any atom is 0.0203 e. The van der Waals surface area contributed by atoms with Gasteiger partial charge in [-0.25, -0.2) is 0 Å². The van der Waals surface area contributed by atoms with Crippen molar-refractivity contribution in [2.24, 2.45) is 0 Å². The smallest absolute Gasteiger partial charge is 0.0203 e. The van der Waals surface area contributed by atoms with E-state index in [2.05, 4.69) is 25.8 Å². The van der Waals surface area contributed by atoms with Gasteiger partial charge < -0.3 is 4.90 Å². The fraction of sp³-hybridized carbons (Fsp3) is 1.00. The highest BCUT2D eigenvalue weighted by molar-refractivity contribution is 4.90. The molecule has 0 unspecified atom stereocenters. The molecule has 0 aliphatic heterocycles. The third-order valence-corrected chi connectivity index (χ3v) is 3.73. The van der Waals surface area contributed by atoms with Crippen LogP contribution in [-0.4, -0.2) is 24.0 Å². The lowest BCUT2D eigenvalue weighted by molar-refractivity contribution is 0.0759. The number of rotatable bonds is 3. The lowest BCUT2D eigenvalue weighted by Crippen LogP contribution is -2.47. The monoisotopic (exact) mass is 169 g/mol. The van der Waals surface area contributed by atoms with Crippen LogP contribution in [0.4, 0.5) is 0 Å². The predicted molar refractivity (Wildman–Crippen MR) is 54.4 cm³/mol. The van der Waals surface area contributed by atoms with Gasteiger partial charge in [-0.15, -0.1) is 0 Å². The van der Waals surface area contributed by atoms with Crippen molar-refractivity contribution in [3.8, 4) is 0 Å². The molecule has 0 aromatic rings. The Hall–Kier alpha value is -0.0400. The molecule has 72 valence electrons. The molecule has 0 aromatic carbocycles. The van der Waals surface area contributed by atoms with Gasteiger partial charge in [-0.05, 0) is 32.9 Å². The minimum absolute atomic E-state index is 0.562. The van der Waals surface area contributed by atoms with Crippen molar-refractivity contribution in [3.05, 3.63) is 0 Å². The maximum absolute atomic E-state index is 2.56. The first-order valence-electron chi connectivity index (χ1n) is 5.46. The van der Waals surface area contributed by atoms with Gasteiger partial charge >= 0.3 is 0 Å². The van der Waals surface area contributed by atoms with E-state index in [-0.39, 0.29) is 0 Å². The topological polar surface area (TPSA) is 3.24 Å². The normalized spacial score (nSPS) is 23.0.